The van der Waals surface area contributed by atoms with Gasteiger partial charge in [-0.25, -0.2) is 5.43 Å². The number of rotatable bonds is 11. The number of amides is 3. The molecule has 3 aromatic rings. The Bertz CT molecular complexity index is 1270. The summed E-state index contributed by atoms with van der Waals surface area (Å²) in [7, 11) is 0. The van der Waals surface area contributed by atoms with Crippen molar-refractivity contribution in [2.75, 3.05) is 23.8 Å². The molecule has 0 bridgehead atoms. The molecule has 0 fully saturated rings. The van der Waals surface area contributed by atoms with Crippen molar-refractivity contribution in [3.63, 3.8) is 0 Å². The number of carbonyl (C=O) groups is 3. The standard InChI is InChI=1S/C29H32N4O5/c1-4-5-13-37-25-11-9-23(10-12-25)32-28(35)29(36)33-30-18-22-7-6-8-26(17-22)38-19-27(34)31-24-15-20(2)14-21(3)16-24/h6-12,14-18H,4-5,13,19H2,1-3H3,(H,31,34)(H,32,35)(H,33,36)/b30-18-. The Hall–Kier alpha value is -4.66. The summed E-state index contributed by atoms with van der Waals surface area (Å²) in [5, 5.41) is 9.15. The first kappa shape index (κ1) is 27.9. The molecule has 0 unspecified atom stereocenters. The van der Waals surface area contributed by atoms with Gasteiger partial charge in [0.1, 0.15) is 11.5 Å². The van der Waals surface area contributed by atoms with E-state index in [0.717, 1.165) is 24.0 Å². The Morgan fingerprint density at radius 2 is 1.55 bits per heavy atom. The summed E-state index contributed by atoms with van der Waals surface area (Å²) in [5.74, 6) is -0.908. The molecule has 0 radical (unpaired) electrons. The lowest BCUT2D eigenvalue weighted by Crippen LogP contribution is -2.32. The minimum absolute atomic E-state index is 0.170. The number of benzene rings is 3. The van der Waals surface area contributed by atoms with Crippen molar-refractivity contribution in [3.05, 3.63) is 83.4 Å². The van der Waals surface area contributed by atoms with Crippen molar-refractivity contribution in [1.29, 1.82) is 0 Å². The van der Waals surface area contributed by atoms with Crippen molar-refractivity contribution in [2.45, 2.75) is 33.6 Å². The van der Waals surface area contributed by atoms with Crippen LogP contribution in [0.3, 0.4) is 0 Å². The van der Waals surface area contributed by atoms with Crippen molar-refractivity contribution in [1.82, 2.24) is 5.43 Å². The monoisotopic (exact) mass is 516 g/mol. The van der Waals surface area contributed by atoms with E-state index in [1.807, 2.05) is 32.0 Å². The van der Waals surface area contributed by atoms with Gasteiger partial charge < -0.3 is 20.1 Å². The van der Waals surface area contributed by atoms with Crippen LogP contribution in [-0.2, 0) is 14.4 Å². The molecule has 9 nitrogen and oxygen atoms in total. The molecule has 0 atom stereocenters. The van der Waals surface area contributed by atoms with Gasteiger partial charge in [0.2, 0.25) is 0 Å². The van der Waals surface area contributed by atoms with Gasteiger partial charge in [0, 0.05) is 11.4 Å². The summed E-state index contributed by atoms with van der Waals surface area (Å²) >= 11 is 0. The van der Waals surface area contributed by atoms with Crippen LogP contribution in [0.4, 0.5) is 11.4 Å². The Morgan fingerprint density at radius 3 is 2.26 bits per heavy atom. The molecule has 0 spiro atoms. The molecule has 0 aromatic heterocycles. The molecule has 3 rings (SSSR count). The molecular formula is C29H32N4O5. The Labute approximate surface area is 222 Å². The maximum Gasteiger partial charge on any atom is 0.329 e. The van der Waals surface area contributed by atoms with E-state index >= 15 is 0 Å². The van der Waals surface area contributed by atoms with Crippen LogP contribution < -0.4 is 25.5 Å². The Kier molecular flexibility index (Phi) is 10.4. The third-order valence-corrected chi connectivity index (χ3v) is 5.20. The topological polar surface area (TPSA) is 118 Å². The first-order valence-electron chi connectivity index (χ1n) is 12.3. The van der Waals surface area contributed by atoms with E-state index in [2.05, 4.69) is 28.1 Å². The number of nitrogens with zero attached hydrogens (tertiary/aromatic N) is 1. The lowest BCUT2D eigenvalue weighted by molar-refractivity contribution is -0.136. The maximum atomic E-state index is 12.3. The SMILES string of the molecule is CCCCOc1ccc(NC(=O)C(=O)N/N=C\c2cccc(OCC(=O)Nc3cc(C)cc(C)c3)c2)cc1. The Balaban J connectivity index is 1.44. The maximum absolute atomic E-state index is 12.3. The second-order valence-corrected chi connectivity index (χ2v) is 8.67. The number of anilines is 2. The van der Waals surface area contributed by atoms with Gasteiger partial charge in [-0.2, -0.15) is 5.10 Å². The second-order valence-electron chi connectivity index (χ2n) is 8.67. The smallest absolute Gasteiger partial charge is 0.329 e. The van der Waals surface area contributed by atoms with Gasteiger partial charge in [-0.05, 0) is 85.5 Å². The normalized spacial score (nSPS) is 10.6. The van der Waals surface area contributed by atoms with Crippen LogP contribution in [0.15, 0.2) is 71.8 Å². The van der Waals surface area contributed by atoms with E-state index in [1.54, 1.807) is 48.5 Å². The van der Waals surface area contributed by atoms with Crippen LogP contribution in [0, 0.1) is 13.8 Å². The van der Waals surface area contributed by atoms with E-state index in [9.17, 15) is 14.4 Å². The fraction of sp³-hybridized carbons (Fsp3) is 0.241. The minimum Gasteiger partial charge on any atom is -0.494 e. The summed E-state index contributed by atoms with van der Waals surface area (Å²) < 4.78 is 11.2. The fourth-order valence-electron chi connectivity index (χ4n) is 3.45. The molecule has 3 aromatic carbocycles. The van der Waals surface area contributed by atoms with Crippen molar-refractivity contribution in [3.8, 4) is 11.5 Å². The summed E-state index contributed by atoms with van der Waals surface area (Å²) in [6.45, 7) is 6.46. The van der Waals surface area contributed by atoms with Crippen LogP contribution in [0.5, 0.6) is 11.5 Å². The van der Waals surface area contributed by atoms with Crippen molar-refractivity contribution >= 4 is 35.3 Å². The number of hydrogen-bond acceptors (Lipinski definition) is 6. The quantitative estimate of drug-likeness (QED) is 0.149. The molecule has 0 heterocycles. The molecule has 3 N–H and O–H groups in total. The van der Waals surface area contributed by atoms with Gasteiger partial charge in [-0.15, -0.1) is 0 Å². The number of ether oxygens (including phenoxy) is 2. The van der Waals surface area contributed by atoms with Crippen LogP contribution in [0.2, 0.25) is 0 Å². The molecule has 0 saturated heterocycles. The lowest BCUT2D eigenvalue weighted by Gasteiger charge is -2.09. The Morgan fingerprint density at radius 1 is 0.816 bits per heavy atom. The minimum atomic E-state index is -0.917. The van der Waals surface area contributed by atoms with E-state index < -0.39 is 11.8 Å². The largest absolute Gasteiger partial charge is 0.494 e. The number of hydrogen-bond donors (Lipinski definition) is 3. The van der Waals surface area contributed by atoms with Gasteiger partial charge in [0.15, 0.2) is 6.61 Å². The van der Waals surface area contributed by atoms with Crippen molar-refractivity contribution in [2.24, 2.45) is 5.10 Å². The summed E-state index contributed by atoms with van der Waals surface area (Å²) in [4.78, 5) is 36.5. The zero-order valence-electron chi connectivity index (χ0n) is 21.7. The molecular weight excluding hydrogens is 484 g/mol. The van der Waals surface area contributed by atoms with Crippen LogP contribution in [0.1, 0.15) is 36.5 Å². The average Bonchev–Trinajstić information content (AvgIpc) is 2.88. The van der Waals surface area contributed by atoms with Gasteiger partial charge in [-0.3, -0.25) is 14.4 Å². The molecule has 198 valence electrons. The van der Waals surface area contributed by atoms with Crippen LogP contribution in [0.25, 0.3) is 0 Å². The fourth-order valence-corrected chi connectivity index (χ4v) is 3.45. The zero-order valence-corrected chi connectivity index (χ0v) is 21.7. The van der Waals surface area contributed by atoms with Crippen molar-refractivity contribution < 1.29 is 23.9 Å². The number of hydrazone groups is 1. The highest BCUT2D eigenvalue weighted by Gasteiger charge is 2.13. The van der Waals surface area contributed by atoms with E-state index in [4.69, 9.17) is 9.47 Å². The number of unbranched alkanes of at least 4 members (excludes halogenated alkanes) is 1. The predicted molar refractivity (Wildman–Crippen MR) is 148 cm³/mol. The zero-order chi connectivity index (χ0) is 27.3. The van der Waals surface area contributed by atoms with Crippen LogP contribution >= 0.6 is 0 Å². The highest BCUT2D eigenvalue weighted by Crippen LogP contribution is 2.17. The van der Waals surface area contributed by atoms with E-state index in [-0.39, 0.29) is 12.5 Å². The molecule has 0 aliphatic rings. The number of carbonyl (C=O) groups excluding carboxylic acids is 3. The van der Waals surface area contributed by atoms with E-state index in [0.29, 0.717) is 35.0 Å². The van der Waals surface area contributed by atoms with E-state index in [1.165, 1.54) is 6.21 Å². The van der Waals surface area contributed by atoms with Gasteiger partial charge >= 0.3 is 11.8 Å². The highest BCUT2D eigenvalue weighted by molar-refractivity contribution is 6.39. The second kappa shape index (κ2) is 14.2. The van der Waals surface area contributed by atoms with Gasteiger partial charge in [0.25, 0.3) is 5.91 Å². The molecule has 0 aliphatic heterocycles. The number of aryl methyl sites for hydroxylation is 2. The predicted octanol–water partition coefficient (Wildman–Crippen LogP) is 4.59. The average molecular weight is 517 g/mol. The third kappa shape index (κ3) is 9.42. The molecule has 3 amide bonds. The van der Waals surface area contributed by atoms with Crippen LogP contribution in [-0.4, -0.2) is 37.1 Å². The molecule has 38 heavy (non-hydrogen) atoms. The lowest BCUT2D eigenvalue weighted by atomic mass is 10.1. The summed E-state index contributed by atoms with van der Waals surface area (Å²) in [5.41, 5.74) is 6.08. The first-order chi connectivity index (χ1) is 18.3. The molecule has 9 heteroatoms. The highest BCUT2D eigenvalue weighted by atomic mass is 16.5. The first-order valence-corrected chi connectivity index (χ1v) is 12.3. The summed E-state index contributed by atoms with van der Waals surface area (Å²) in [6, 6.07) is 19.4. The molecule has 0 saturated carbocycles. The number of nitrogens with one attached hydrogen (secondary N) is 3. The molecule has 0 aliphatic carbocycles. The van der Waals surface area contributed by atoms with Gasteiger partial charge in [0.05, 0.1) is 12.8 Å². The van der Waals surface area contributed by atoms with Gasteiger partial charge in [-0.1, -0.05) is 31.5 Å². The third-order valence-electron chi connectivity index (χ3n) is 5.20. The summed E-state index contributed by atoms with van der Waals surface area (Å²) in [6.07, 6.45) is 3.37.